The molecule has 0 heterocycles. The van der Waals surface area contributed by atoms with E-state index in [2.05, 4.69) is 13.8 Å². The van der Waals surface area contributed by atoms with Gasteiger partial charge in [0.15, 0.2) is 5.60 Å². The maximum Gasteiger partial charge on any atom is 0.419 e. The molecule has 0 amide bonds. The predicted molar refractivity (Wildman–Crippen MR) is 61.0 cm³/mol. The Bertz CT molecular complexity index is 312. The normalized spacial score (nSPS) is 43.2. The lowest BCUT2D eigenvalue weighted by atomic mass is 9.80. The minimum Gasteiger partial charge on any atom is -0.379 e. The fourth-order valence-corrected chi connectivity index (χ4v) is 3.42. The van der Waals surface area contributed by atoms with Gasteiger partial charge in [0, 0.05) is 0 Å². The second kappa shape index (κ2) is 4.37. The molecule has 106 valence electrons. The zero-order valence-corrected chi connectivity index (χ0v) is 11.0. The summed E-state index contributed by atoms with van der Waals surface area (Å²) >= 11 is 0. The molecule has 6 atom stereocenters. The van der Waals surface area contributed by atoms with Gasteiger partial charge >= 0.3 is 6.18 Å². The number of aliphatic hydroxyl groups is 1. The first kappa shape index (κ1) is 14.1. The number of hydrogen-bond acceptors (Lipinski definition) is 2. The molecular weight excluding hydrogens is 245 g/mol. The highest BCUT2D eigenvalue weighted by molar-refractivity contribution is 4.98. The van der Waals surface area contributed by atoms with Gasteiger partial charge in [0.05, 0.1) is 12.7 Å². The van der Waals surface area contributed by atoms with E-state index >= 15 is 0 Å². The fraction of sp³-hybridized carbons (Fsp3) is 1.00. The number of halogens is 3. The Morgan fingerprint density at radius 1 is 1.17 bits per heavy atom. The van der Waals surface area contributed by atoms with E-state index in [1.807, 2.05) is 0 Å². The van der Waals surface area contributed by atoms with Crippen LogP contribution in [0.25, 0.3) is 0 Å². The predicted octanol–water partition coefficient (Wildman–Crippen LogP) is 3.00. The first-order valence-corrected chi connectivity index (χ1v) is 6.54. The van der Waals surface area contributed by atoms with Crippen LogP contribution in [-0.2, 0) is 4.74 Å². The average Bonchev–Trinajstić information content (AvgIpc) is 2.76. The smallest absolute Gasteiger partial charge is 0.379 e. The number of hydrogen-bond donors (Lipinski definition) is 1. The van der Waals surface area contributed by atoms with Gasteiger partial charge < -0.3 is 9.84 Å². The zero-order chi connectivity index (χ0) is 13.7. The summed E-state index contributed by atoms with van der Waals surface area (Å²) in [5.74, 6) is 2.07. The Morgan fingerprint density at radius 3 is 2.22 bits per heavy atom. The van der Waals surface area contributed by atoms with Crippen molar-refractivity contribution in [2.45, 2.75) is 51.5 Å². The highest BCUT2D eigenvalue weighted by Crippen LogP contribution is 2.53. The molecule has 2 nitrogen and oxygen atoms in total. The molecule has 0 aliphatic heterocycles. The van der Waals surface area contributed by atoms with Crippen molar-refractivity contribution < 1.29 is 23.0 Å². The number of fused-ring (bicyclic) bond motifs is 2. The van der Waals surface area contributed by atoms with Gasteiger partial charge in [-0.3, -0.25) is 0 Å². The van der Waals surface area contributed by atoms with Gasteiger partial charge in [-0.05, 0) is 43.4 Å². The van der Waals surface area contributed by atoms with Crippen LogP contribution >= 0.6 is 0 Å². The Morgan fingerprint density at radius 2 is 1.78 bits per heavy atom. The van der Waals surface area contributed by atoms with E-state index in [0.717, 1.165) is 19.8 Å². The molecule has 18 heavy (non-hydrogen) atoms. The van der Waals surface area contributed by atoms with Crippen molar-refractivity contribution in [1.29, 1.82) is 0 Å². The third kappa shape index (κ3) is 2.27. The van der Waals surface area contributed by atoms with Crippen LogP contribution in [0.4, 0.5) is 13.2 Å². The minimum absolute atomic E-state index is 0.116. The number of rotatable bonds is 3. The highest BCUT2D eigenvalue weighted by Gasteiger charge is 2.53. The van der Waals surface area contributed by atoms with Gasteiger partial charge in [-0.1, -0.05) is 13.8 Å². The van der Waals surface area contributed by atoms with Crippen LogP contribution < -0.4 is 0 Å². The van der Waals surface area contributed by atoms with Crippen LogP contribution in [0, 0.1) is 23.7 Å². The molecule has 0 saturated heterocycles. The fourth-order valence-electron chi connectivity index (χ4n) is 3.42. The van der Waals surface area contributed by atoms with E-state index in [-0.39, 0.29) is 6.10 Å². The van der Waals surface area contributed by atoms with Crippen LogP contribution in [0.15, 0.2) is 0 Å². The summed E-state index contributed by atoms with van der Waals surface area (Å²) in [6.07, 6.45) is -2.86. The molecule has 0 aromatic heterocycles. The largest absolute Gasteiger partial charge is 0.419 e. The summed E-state index contributed by atoms with van der Waals surface area (Å²) in [6, 6.07) is 0. The number of ether oxygens (including phenoxy) is 1. The monoisotopic (exact) mass is 266 g/mol. The van der Waals surface area contributed by atoms with E-state index in [9.17, 15) is 18.3 Å². The first-order chi connectivity index (χ1) is 8.13. The summed E-state index contributed by atoms with van der Waals surface area (Å²) in [5, 5.41) is 9.35. The molecule has 2 saturated carbocycles. The van der Waals surface area contributed by atoms with E-state index in [0.29, 0.717) is 23.7 Å². The summed E-state index contributed by atoms with van der Waals surface area (Å²) < 4.78 is 42.9. The van der Waals surface area contributed by atoms with E-state index in [4.69, 9.17) is 4.74 Å². The van der Waals surface area contributed by atoms with E-state index < -0.39 is 18.4 Å². The Balaban J connectivity index is 1.90. The summed E-state index contributed by atoms with van der Waals surface area (Å²) in [4.78, 5) is 0. The highest BCUT2D eigenvalue weighted by atomic mass is 19.4. The van der Waals surface area contributed by atoms with Crippen molar-refractivity contribution in [3.8, 4) is 0 Å². The van der Waals surface area contributed by atoms with Gasteiger partial charge in [0.2, 0.25) is 0 Å². The quantitative estimate of drug-likeness (QED) is 0.851. The van der Waals surface area contributed by atoms with Crippen molar-refractivity contribution >= 4 is 0 Å². The van der Waals surface area contributed by atoms with Gasteiger partial charge in [0.25, 0.3) is 0 Å². The molecule has 0 radical (unpaired) electrons. The lowest BCUT2D eigenvalue weighted by Gasteiger charge is -2.34. The molecule has 6 unspecified atom stereocenters. The number of alkyl halides is 3. The lowest BCUT2D eigenvalue weighted by molar-refractivity contribution is -0.272. The van der Waals surface area contributed by atoms with Gasteiger partial charge in [-0.25, -0.2) is 0 Å². The minimum atomic E-state index is -4.64. The van der Waals surface area contributed by atoms with Crippen LogP contribution in [0.2, 0.25) is 0 Å². The first-order valence-electron chi connectivity index (χ1n) is 6.54. The van der Waals surface area contributed by atoms with Crippen LogP contribution in [0.1, 0.15) is 33.6 Å². The van der Waals surface area contributed by atoms with Crippen molar-refractivity contribution in [3.63, 3.8) is 0 Å². The van der Waals surface area contributed by atoms with Gasteiger partial charge in [-0.2, -0.15) is 13.2 Å². The lowest BCUT2D eigenvalue weighted by Crippen LogP contribution is -2.47. The molecule has 1 N–H and O–H groups in total. The van der Waals surface area contributed by atoms with Crippen LogP contribution in [0.3, 0.4) is 0 Å². The zero-order valence-electron chi connectivity index (χ0n) is 11.0. The average molecular weight is 266 g/mol. The molecular formula is C13H21F3O2. The van der Waals surface area contributed by atoms with Crippen molar-refractivity contribution in [2.24, 2.45) is 23.7 Å². The summed E-state index contributed by atoms with van der Waals surface area (Å²) in [5.41, 5.74) is -2.75. The van der Waals surface area contributed by atoms with Crippen molar-refractivity contribution in [3.05, 3.63) is 0 Å². The third-order valence-electron chi connectivity index (χ3n) is 5.02. The Labute approximate surface area is 106 Å². The molecule has 2 aliphatic carbocycles. The molecule has 2 aliphatic rings. The van der Waals surface area contributed by atoms with Gasteiger partial charge in [0.1, 0.15) is 0 Å². The second-order valence-corrected chi connectivity index (χ2v) is 6.23. The molecule has 0 aromatic rings. The Hall–Kier alpha value is -0.290. The molecule has 5 heteroatoms. The maximum atomic E-state index is 12.5. The Kier molecular flexibility index (Phi) is 3.43. The van der Waals surface area contributed by atoms with E-state index in [1.54, 1.807) is 0 Å². The SMILES string of the molecule is CC1C2CC(OCC(C)(O)C(F)(F)F)C(C2)C1C. The topological polar surface area (TPSA) is 29.5 Å². The molecule has 0 spiro atoms. The van der Waals surface area contributed by atoms with E-state index in [1.165, 1.54) is 0 Å². The molecule has 2 rings (SSSR count). The molecule has 2 bridgehead atoms. The van der Waals surface area contributed by atoms with Gasteiger partial charge in [-0.15, -0.1) is 0 Å². The standard InChI is InChI=1S/C13H21F3O2/c1-7-8(2)10-4-9(7)5-11(10)18-6-12(3,17)13(14,15)16/h7-11,17H,4-6H2,1-3H3. The van der Waals surface area contributed by atoms with Crippen molar-refractivity contribution in [1.82, 2.24) is 0 Å². The molecule has 0 aromatic carbocycles. The van der Waals surface area contributed by atoms with Crippen LogP contribution in [0.5, 0.6) is 0 Å². The second-order valence-electron chi connectivity index (χ2n) is 6.23. The third-order valence-corrected chi connectivity index (χ3v) is 5.02. The maximum absolute atomic E-state index is 12.5. The van der Waals surface area contributed by atoms with Crippen molar-refractivity contribution in [2.75, 3.05) is 6.61 Å². The summed E-state index contributed by atoms with van der Waals surface area (Å²) in [7, 11) is 0. The summed E-state index contributed by atoms with van der Waals surface area (Å²) in [6.45, 7) is 4.46. The molecule has 2 fully saturated rings. The van der Waals surface area contributed by atoms with Crippen LogP contribution in [-0.4, -0.2) is 29.6 Å².